The molecule has 0 unspecified atom stereocenters. The molecule has 0 N–H and O–H groups in total. The molecule has 126 valence electrons. The number of esters is 1. The van der Waals surface area contributed by atoms with Gasteiger partial charge in [-0.25, -0.2) is 0 Å². The molecule has 2 fully saturated rings. The monoisotopic (exact) mass is 319 g/mol. The van der Waals surface area contributed by atoms with Crippen LogP contribution in [0.4, 0.5) is 0 Å². The first-order valence-corrected chi connectivity index (χ1v) is 8.45. The summed E-state index contributed by atoms with van der Waals surface area (Å²) < 4.78 is 6.69. The second-order valence-corrected chi connectivity index (χ2v) is 6.71. The van der Waals surface area contributed by atoms with E-state index in [1.807, 2.05) is 22.8 Å². The number of amides is 1. The Morgan fingerprint density at radius 3 is 2.48 bits per heavy atom. The van der Waals surface area contributed by atoms with E-state index in [1.54, 1.807) is 0 Å². The van der Waals surface area contributed by atoms with E-state index in [2.05, 4.69) is 11.3 Å². The van der Waals surface area contributed by atoms with E-state index in [0.717, 1.165) is 45.2 Å². The third-order valence-corrected chi connectivity index (χ3v) is 5.34. The number of hydrogen-bond acceptors (Lipinski definition) is 4. The van der Waals surface area contributed by atoms with Crippen LogP contribution in [-0.4, -0.2) is 46.8 Å². The van der Waals surface area contributed by atoms with Gasteiger partial charge in [0.2, 0.25) is 5.91 Å². The molecular weight excluding hydrogens is 294 g/mol. The Hall–Kier alpha value is -1.85. The Kier molecular flexibility index (Phi) is 4.68. The van der Waals surface area contributed by atoms with Gasteiger partial charge >= 0.3 is 5.97 Å². The molecule has 6 nitrogen and oxygen atoms in total. The van der Waals surface area contributed by atoms with Crippen LogP contribution in [0.15, 0.2) is 12.4 Å². The maximum absolute atomic E-state index is 12.8. The molecule has 1 saturated heterocycles. The van der Waals surface area contributed by atoms with E-state index >= 15 is 0 Å². The van der Waals surface area contributed by atoms with Crippen molar-refractivity contribution >= 4 is 11.9 Å². The second-order valence-electron chi connectivity index (χ2n) is 6.71. The number of piperidine rings is 1. The molecule has 2 aliphatic rings. The van der Waals surface area contributed by atoms with Gasteiger partial charge in [-0.2, -0.15) is 5.10 Å². The molecule has 6 heteroatoms. The van der Waals surface area contributed by atoms with Crippen LogP contribution < -0.4 is 0 Å². The summed E-state index contributed by atoms with van der Waals surface area (Å²) in [6, 6.07) is 0. The average Bonchev–Trinajstić information content (AvgIpc) is 3.22. The Morgan fingerprint density at radius 2 is 1.87 bits per heavy atom. The van der Waals surface area contributed by atoms with Crippen molar-refractivity contribution in [1.82, 2.24) is 14.7 Å². The van der Waals surface area contributed by atoms with Crippen molar-refractivity contribution < 1.29 is 14.3 Å². The highest BCUT2D eigenvalue weighted by Crippen LogP contribution is 2.36. The number of carbonyl (C=O) groups is 2. The van der Waals surface area contributed by atoms with Gasteiger partial charge in [-0.1, -0.05) is 6.42 Å². The average molecular weight is 319 g/mol. The van der Waals surface area contributed by atoms with E-state index in [9.17, 15) is 9.59 Å². The molecule has 3 rings (SSSR count). The van der Waals surface area contributed by atoms with E-state index in [1.165, 1.54) is 12.7 Å². The maximum atomic E-state index is 12.8. The second kappa shape index (κ2) is 6.72. The fourth-order valence-corrected chi connectivity index (χ4v) is 4.01. The number of rotatable bonds is 3. The predicted octanol–water partition coefficient (Wildman–Crippen LogP) is 1.72. The molecule has 1 aromatic heterocycles. The molecular formula is C17H25N3O3. The number of carbonyl (C=O) groups excluding carboxylic acids is 2. The lowest BCUT2D eigenvalue weighted by Gasteiger charge is -2.34. The normalized spacial score (nSPS) is 25.6. The third kappa shape index (κ3) is 3.26. The topological polar surface area (TPSA) is 64.4 Å². The van der Waals surface area contributed by atoms with Crippen molar-refractivity contribution in [1.29, 1.82) is 0 Å². The van der Waals surface area contributed by atoms with Crippen LogP contribution in [0, 0.1) is 11.8 Å². The summed E-state index contributed by atoms with van der Waals surface area (Å²) in [6.45, 7) is 1.53. The van der Waals surface area contributed by atoms with Gasteiger partial charge in [-0.05, 0) is 37.2 Å². The molecule has 1 aliphatic carbocycles. The fourth-order valence-electron chi connectivity index (χ4n) is 4.01. The summed E-state index contributed by atoms with van der Waals surface area (Å²) in [5.41, 5.74) is 1.26. The molecule has 23 heavy (non-hydrogen) atoms. The number of methoxy groups -OCH3 is 1. The van der Waals surface area contributed by atoms with Crippen molar-refractivity contribution in [3.63, 3.8) is 0 Å². The number of aromatic nitrogens is 2. The first-order chi connectivity index (χ1) is 11.1. The molecule has 0 aromatic carbocycles. The Labute approximate surface area is 136 Å². The van der Waals surface area contributed by atoms with Crippen molar-refractivity contribution in [3.8, 4) is 0 Å². The fraction of sp³-hybridized carbons (Fsp3) is 0.706. The molecule has 1 aliphatic heterocycles. The summed E-state index contributed by atoms with van der Waals surface area (Å²) in [7, 11) is 3.33. The van der Waals surface area contributed by atoms with Crippen LogP contribution in [0.5, 0.6) is 0 Å². The zero-order valence-electron chi connectivity index (χ0n) is 13.9. The van der Waals surface area contributed by atoms with Crippen molar-refractivity contribution in [2.75, 3.05) is 20.2 Å². The highest BCUT2D eigenvalue weighted by molar-refractivity contribution is 5.86. The Bertz CT molecular complexity index is 575. The summed E-state index contributed by atoms with van der Waals surface area (Å²) in [5.74, 6) is -0.0395. The van der Waals surface area contributed by atoms with Crippen LogP contribution in [0.25, 0.3) is 0 Å². The summed E-state index contributed by atoms with van der Waals surface area (Å²) in [5, 5.41) is 4.23. The van der Waals surface area contributed by atoms with E-state index in [4.69, 9.17) is 4.74 Å². The lowest BCUT2D eigenvalue weighted by molar-refractivity contribution is -0.152. The zero-order chi connectivity index (χ0) is 16.4. The van der Waals surface area contributed by atoms with Crippen molar-refractivity contribution in [2.45, 2.75) is 38.0 Å². The van der Waals surface area contributed by atoms with E-state index < -0.39 is 0 Å². The van der Waals surface area contributed by atoms with Gasteiger partial charge < -0.3 is 9.64 Å². The number of nitrogens with zero attached hydrogens (tertiary/aromatic N) is 3. The van der Waals surface area contributed by atoms with Crippen molar-refractivity contribution in [3.05, 3.63) is 18.0 Å². The van der Waals surface area contributed by atoms with Crippen LogP contribution in [-0.2, 0) is 21.4 Å². The zero-order valence-corrected chi connectivity index (χ0v) is 13.9. The van der Waals surface area contributed by atoms with Crippen LogP contribution in [0.3, 0.4) is 0 Å². The molecule has 0 radical (unpaired) electrons. The third-order valence-electron chi connectivity index (χ3n) is 5.34. The SMILES string of the molecule is COC(=O)[C@H]1CCC[C@@H]1C(=O)N1CCC(c2cnn(C)c2)CC1. The molecule has 2 atom stereocenters. The number of ether oxygens (including phenoxy) is 1. The maximum Gasteiger partial charge on any atom is 0.309 e. The highest BCUT2D eigenvalue weighted by atomic mass is 16.5. The van der Waals surface area contributed by atoms with Gasteiger partial charge in [0.25, 0.3) is 0 Å². The molecule has 2 heterocycles. The van der Waals surface area contributed by atoms with Gasteiger partial charge in [-0.15, -0.1) is 0 Å². The highest BCUT2D eigenvalue weighted by Gasteiger charge is 2.41. The lowest BCUT2D eigenvalue weighted by atomic mass is 9.89. The van der Waals surface area contributed by atoms with Crippen molar-refractivity contribution in [2.24, 2.45) is 18.9 Å². The summed E-state index contributed by atoms with van der Waals surface area (Å²) in [6.07, 6.45) is 8.43. The first-order valence-electron chi connectivity index (χ1n) is 8.45. The largest absolute Gasteiger partial charge is 0.469 e. The van der Waals surface area contributed by atoms with Gasteiger partial charge in [0.15, 0.2) is 0 Å². The standard InChI is InChI=1S/C17H25N3O3/c1-19-11-13(10-18-19)12-6-8-20(9-7-12)16(21)14-4-3-5-15(14)17(22)23-2/h10-12,14-15H,3-9H2,1-2H3/t14-,15-/m0/s1. The summed E-state index contributed by atoms with van der Waals surface area (Å²) in [4.78, 5) is 26.6. The molecule has 1 saturated carbocycles. The minimum absolute atomic E-state index is 0.141. The molecule has 1 amide bonds. The molecule has 0 bridgehead atoms. The van der Waals surface area contributed by atoms with Crippen LogP contribution >= 0.6 is 0 Å². The van der Waals surface area contributed by atoms with Gasteiger partial charge in [0.1, 0.15) is 0 Å². The van der Waals surface area contributed by atoms with Crippen LogP contribution in [0.1, 0.15) is 43.6 Å². The van der Waals surface area contributed by atoms with Gasteiger partial charge in [0.05, 0.1) is 25.1 Å². The minimum atomic E-state index is -0.247. The number of aryl methyl sites for hydroxylation is 1. The van der Waals surface area contributed by atoms with Gasteiger partial charge in [-0.3, -0.25) is 14.3 Å². The Morgan fingerprint density at radius 1 is 1.17 bits per heavy atom. The lowest BCUT2D eigenvalue weighted by Crippen LogP contribution is -2.43. The van der Waals surface area contributed by atoms with E-state index in [-0.39, 0.29) is 23.7 Å². The van der Waals surface area contributed by atoms with Gasteiger partial charge in [0, 0.05) is 26.3 Å². The predicted molar refractivity (Wildman–Crippen MR) is 84.6 cm³/mol. The number of hydrogen-bond donors (Lipinski definition) is 0. The first kappa shape index (κ1) is 16.0. The molecule has 0 spiro atoms. The van der Waals surface area contributed by atoms with E-state index in [0.29, 0.717) is 5.92 Å². The van der Waals surface area contributed by atoms with Crippen LogP contribution in [0.2, 0.25) is 0 Å². The Balaban J connectivity index is 1.58. The number of likely N-dealkylation sites (tertiary alicyclic amines) is 1. The summed E-state index contributed by atoms with van der Waals surface area (Å²) >= 11 is 0. The quantitative estimate of drug-likeness (QED) is 0.796. The smallest absolute Gasteiger partial charge is 0.309 e. The molecule has 1 aromatic rings. The minimum Gasteiger partial charge on any atom is -0.469 e.